The van der Waals surface area contributed by atoms with E-state index >= 15 is 0 Å². The van der Waals surface area contributed by atoms with E-state index in [1.54, 1.807) is 6.07 Å². The molecule has 0 bridgehead atoms. The molecule has 0 amide bonds. The van der Waals surface area contributed by atoms with Crippen LogP contribution in [0, 0.1) is 0 Å². The highest BCUT2D eigenvalue weighted by Crippen LogP contribution is 2.29. The Labute approximate surface area is 133 Å². The Balaban J connectivity index is 1.87. The van der Waals surface area contributed by atoms with E-state index < -0.39 is 16.4 Å². The number of hydrogen-bond donors (Lipinski definition) is 1. The standard InChI is InChI=1S/C16H17F2NO3S/c17-16(18)22-15-6-5-11-3-1-2-4-13(11)14(15)9-19-12-7-8-23(20,21)10-12/h1-6,12,16,19H,7-10H2. The monoisotopic (exact) mass is 341 g/mol. The maximum atomic E-state index is 12.6. The number of halogens is 2. The summed E-state index contributed by atoms with van der Waals surface area (Å²) in [5, 5.41) is 4.90. The minimum Gasteiger partial charge on any atom is -0.434 e. The fourth-order valence-corrected chi connectivity index (χ4v) is 4.61. The van der Waals surface area contributed by atoms with Crippen molar-refractivity contribution in [2.24, 2.45) is 0 Å². The molecule has 1 saturated heterocycles. The van der Waals surface area contributed by atoms with Gasteiger partial charge in [0.15, 0.2) is 9.84 Å². The molecule has 0 saturated carbocycles. The molecular formula is C16H17F2NO3S. The number of ether oxygens (including phenoxy) is 1. The van der Waals surface area contributed by atoms with Gasteiger partial charge in [-0.2, -0.15) is 8.78 Å². The second-order valence-electron chi connectivity index (χ2n) is 5.62. The largest absolute Gasteiger partial charge is 0.434 e. The molecule has 1 atom stereocenters. The molecule has 1 aliphatic rings. The van der Waals surface area contributed by atoms with Crippen molar-refractivity contribution in [2.45, 2.75) is 25.6 Å². The molecule has 0 aromatic heterocycles. The zero-order valence-electron chi connectivity index (χ0n) is 12.3. The molecule has 1 fully saturated rings. The van der Waals surface area contributed by atoms with Crippen molar-refractivity contribution in [3.05, 3.63) is 42.0 Å². The summed E-state index contributed by atoms with van der Waals surface area (Å²) in [6.45, 7) is -2.62. The summed E-state index contributed by atoms with van der Waals surface area (Å²) in [6, 6.07) is 10.5. The first-order valence-corrected chi connectivity index (χ1v) is 9.16. The lowest BCUT2D eigenvalue weighted by Gasteiger charge is -2.16. The van der Waals surface area contributed by atoms with E-state index in [-0.39, 0.29) is 29.8 Å². The minimum absolute atomic E-state index is 0.0861. The van der Waals surface area contributed by atoms with Gasteiger partial charge in [0.2, 0.25) is 0 Å². The van der Waals surface area contributed by atoms with Gasteiger partial charge in [-0.3, -0.25) is 0 Å². The number of fused-ring (bicyclic) bond motifs is 1. The zero-order valence-corrected chi connectivity index (χ0v) is 13.2. The number of alkyl halides is 2. The lowest BCUT2D eigenvalue weighted by atomic mass is 10.0. The molecule has 3 rings (SSSR count). The fraction of sp³-hybridized carbons (Fsp3) is 0.375. The van der Waals surface area contributed by atoms with Crippen LogP contribution in [0.3, 0.4) is 0 Å². The van der Waals surface area contributed by atoms with E-state index in [2.05, 4.69) is 10.1 Å². The average molecular weight is 341 g/mol. The molecule has 2 aromatic carbocycles. The molecule has 23 heavy (non-hydrogen) atoms. The lowest BCUT2D eigenvalue weighted by Crippen LogP contribution is -2.29. The third kappa shape index (κ3) is 3.79. The first-order chi connectivity index (χ1) is 10.9. The summed E-state index contributed by atoms with van der Waals surface area (Å²) in [6.07, 6.45) is 0.540. The Morgan fingerprint density at radius 2 is 2.00 bits per heavy atom. The highest BCUT2D eigenvalue weighted by atomic mass is 32.2. The first kappa shape index (κ1) is 16.1. The fourth-order valence-electron chi connectivity index (χ4n) is 2.91. The van der Waals surface area contributed by atoms with Crippen molar-refractivity contribution in [3.63, 3.8) is 0 Å². The predicted octanol–water partition coefficient (Wildman–Crippen LogP) is 2.72. The van der Waals surface area contributed by atoms with Gasteiger partial charge in [-0.25, -0.2) is 8.42 Å². The van der Waals surface area contributed by atoms with E-state index in [1.165, 1.54) is 6.07 Å². The van der Waals surface area contributed by atoms with Gasteiger partial charge in [0.05, 0.1) is 11.5 Å². The molecular weight excluding hydrogens is 324 g/mol. The Kier molecular flexibility index (Phi) is 4.50. The Hall–Kier alpha value is -1.73. The second kappa shape index (κ2) is 6.41. The third-order valence-corrected chi connectivity index (χ3v) is 5.78. The molecule has 0 radical (unpaired) electrons. The number of benzene rings is 2. The summed E-state index contributed by atoms with van der Waals surface area (Å²) < 4.78 is 52.9. The topological polar surface area (TPSA) is 55.4 Å². The summed E-state index contributed by atoms with van der Waals surface area (Å²) in [7, 11) is -2.99. The first-order valence-electron chi connectivity index (χ1n) is 7.34. The van der Waals surface area contributed by atoms with Crippen molar-refractivity contribution < 1.29 is 21.9 Å². The summed E-state index contributed by atoms with van der Waals surface area (Å²) in [4.78, 5) is 0. The summed E-state index contributed by atoms with van der Waals surface area (Å²) in [5.41, 5.74) is 0.618. The SMILES string of the molecule is O=S1(=O)CCC(NCc2c(OC(F)F)ccc3ccccc23)C1. The van der Waals surface area contributed by atoms with Crippen molar-refractivity contribution in [1.29, 1.82) is 0 Å². The zero-order chi connectivity index (χ0) is 16.4. The van der Waals surface area contributed by atoms with Crippen LogP contribution in [0.1, 0.15) is 12.0 Å². The minimum atomic E-state index is -2.99. The van der Waals surface area contributed by atoms with Gasteiger partial charge in [0.1, 0.15) is 5.75 Å². The van der Waals surface area contributed by atoms with Crippen LogP contribution in [-0.4, -0.2) is 32.6 Å². The van der Waals surface area contributed by atoms with Gasteiger partial charge in [0.25, 0.3) is 0 Å². The van der Waals surface area contributed by atoms with Crippen LogP contribution >= 0.6 is 0 Å². The molecule has 1 unspecified atom stereocenters. The van der Waals surface area contributed by atoms with Crippen molar-refractivity contribution in [2.75, 3.05) is 11.5 Å². The Bertz CT molecular complexity index is 808. The van der Waals surface area contributed by atoms with Gasteiger partial charge >= 0.3 is 6.61 Å². The highest BCUT2D eigenvalue weighted by Gasteiger charge is 2.27. The van der Waals surface area contributed by atoms with Crippen LogP contribution in [0.2, 0.25) is 0 Å². The molecule has 1 N–H and O–H groups in total. The van der Waals surface area contributed by atoms with Crippen LogP contribution in [-0.2, 0) is 16.4 Å². The quantitative estimate of drug-likeness (QED) is 0.909. The van der Waals surface area contributed by atoms with Crippen molar-refractivity contribution in [3.8, 4) is 5.75 Å². The van der Waals surface area contributed by atoms with Gasteiger partial charge in [-0.15, -0.1) is 0 Å². The van der Waals surface area contributed by atoms with Crippen LogP contribution in [0.25, 0.3) is 10.8 Å². The number of nitrogens with one attached hydrogen (secondary N) is 1. The second-order valence-corrected chi connectivity index (χ2v) is 7.85. The van der Waals surface area contributed by atoms with Gasteiger partial charge in [-0.05, 0) is 23.3 Å². The molecule has 1 aliphatic heterocycles. The normalized spacial score (nSPS) is 20.2. The maximum Gasteiger partial charge on any atom is 0.387 e. The number of hydrogen-bond acceptors (Lipinski definition) is 4. The summed E-state index contributed by atoms with van der Waals surface area (Å²) in [5.74, 6) is 0.371. The van der Waals surface area contributed by atoms with Gasteiger partial charge in [-0.1, -0.05) is 30.3 Å². The lowest BCUT2D eigenvalue weighted by molar-refractivity contribution is -0.0503. The van der Waals surface area contributed by atoms with Gasteiger partial charge in [0, 0.05) is 18.2 Å². The van der Waals surface area contributed by atoms with E-state index in [0.717, 1.165) is 10.8 Å². The van der Waals surface area contributed by atoms with Crippen molar-refractivity contribution >= 4 is 20.6 Å². The number of sulfone groups is 1. The molecule has 0 spiro atoms. The van der Waals surface area contributed by atoms with Crippen LogP contribution in [0.4, 0.5) is 8.78 Å². The molecule has 4 nitrogen and oxygen atoms in total. The van der Waals surface area contributed by atoms with Crippen molar-refractivity contribution in [1.82, 2.24) is 5.32 Å². The third-order valence-electron chi connectivity index (χ3n) is 4.01. The average Bonchev–Trinajstić information content (AvgIpc) is 2.85. The molecule has 2 aromatic rings. The molecule has 1 heterocycles. The van der Waals surface area contributed by atoms with Crippen LogP contribution < -0.4 is 10.1 Å². The summed E-state index contributed by atoms with van der Waals surface area (Å²) >= 11 is 0. The smallest absolute Gasteiger partial charge is 0.387 e. The van der Waals surface area contributed by atoms with Crippen LogP contribution in [0.15, 0.2) is 36.4 Å². The maximum absolute atomic E-state index is 12.6. The van der Waals surface area contributed by atoms with Crippen LogP contribution in [0.5, 0.6) is 5.75 Å². The number of rotatable bonds is 5. The molecule has 0 aliphatic carbocycles. The van der Waals surface area contributed by atoms with Gasteiger partial charge < -0.3 is 10.1 Å². The highest BCUT2D eigenvalue weighted by molar-refractivity contribution is 7.91. The van der Waals surface area contributed by atoms with E-state index in [0.29, 0.717) is 12.0 Å². The predicted molar refractivity (Wildman–Crippen MR) is 84.5 cm³/mol. The van der Waals surface area contributed by atoms with E-state index in [9.17, 15) is 17.2 Å². The molecule has 7 heteroatoms. The van der Waals surface area contributed by atoms with E-state index in [4.69, 9.17) is 0 Å². The Morgan fingerprint density at radius 1 is 1.22 bits per heavy atom. The Morgan fingerprint density at radius 3 is 2.70 bits per heavy atom. The van der Waals surface area contributed by atoms with E-state index in [1.807, 2.05) is 24.3 Å². The molecule has 124 valence electrons.